The minimum atomic E-state index is 0.208. The molecule has 0 spiro atoms. The van der Waals surface area contributed by atoms with Gasteiger partial charge in [-0.1, -0.05) is 34.1 Å². The lowest BCUT2D eigenvalue weighted by atomic mass is 9.84. The first kappa shape index (κ1) is 16.5. The van der Waals surface area contributed by atoms with Gasteiger partial charge in [0.1, 0.15) is 0 Å². The molecule has 0 aromatic heterocycles. The molecule has 3 atom stereocenters. The van der Waals surface area contributed by atoms with E-state index in [1.165, 1.54) is 19.3 Å². The first-order valence-electron chi connectivity index (χ1n) is 7.78. The highest BCUT2D eigenvalue weighted by Gasteiger charge is 2.26. The van der Waals surface area contributed by atoms with Gasteiger partial charge in [0, 0.05) is 13.0 Å². The summed E-state index contributed by atoms with van der Waals surface area (Å²) in [5, 5.41) is 3.11. The summed E-state index contributed by atoms with van der Waals surface area (Å²) < 4.78 is 0. The van der Waals surface area contributed by atoms with Crippen LogP contribution < -0.4 is 11.1 Å². The molecule has 0 saturated heterocycles. The smallest absolute Gasteiger partial charge is 0.220 e. The van der Waals surface area contributed by atoms with Crippen molar-refractivity contribution in [2.75, 3.05) is 13.1 Å². The summed E-state index contributed by atoms with van der Waals surface area (Å²) in [7, 11) is 0. The maximum atomic E-state index is 11.9. The predicted octanol–water partition coefficient (Wildman–Crippen LogP) is 2.94. The molecule has 0 aromatic rings. The molecule has 1 fully saturated rings. The first-order valence-corrected chi connectivity index (χ1v) is 7.78. The molecule has 1 amide bonds. The zero-order valence-corrected chi connectivity index (χ0v) is 13.2. The number of carbonyl (C=O) groups is 1. The van der Waals surface area contributed by atoms with Crippen molar-refractivity contribution in [3.8, 4) is 0 Å². The van der Waals surface area contributed by atoms with Crippen molar-refractivity contribution >= 4 is 5.91 Å². The van der Waals surface area contributed by atoms with Gasteiger partial charge in [-0.15, -0.1) is 0 Å². The van der Waals surface area contributed by atoms with Crippen LogP contribution in [0, 0.1) is 23.2 Å². The number of nitrogens with one attached hydrogen (secondary N) is 1. The second-order valence-electron chi connectivity index (χ2n) is 7.56. The lowest BCUT2D eigenvalue weighted by molar-refractivity contribution is -0.122. The molecule has 19 heavy (non-hydrogen) atoms. The van der Waals surface area contributed by atoms with Gasteiger partial charge in [-0.2, -0.15) is 0 Å². The Balaban J connectivity index is 2.24. The second-order valence-corrected chi connectivity index (χ2v) is 7.56. The lowest BCUT2D eigenvalue weighted by Gasteiger charge is -2.23. The largest absolute Gasteiger partial charge is 0.356 e. The van der Waals surface area contributed by atoms with E-state index in [9.17, 15) is 4.79 Å². The minimum Gasteiger partial charge on any atom is -0.356 e. The van der Waals surface area contributed by atoms with Crippen molar-refractivity contribution in [3.05, 3.63) is 0 Å². The molecule has 0 aromatic carbocycles. The van der Waals surface area contributed by atoms with Gasteiger partial charge in [0.25, 0.3) is 0 Å². The summed E-state index contributed by atoms with van der Waals surface area (Å²) in [5.74, 6) is 1.88. The van der Waals surface area contributed by atoms with Crippen molar-refractivity contribution in [3.63, 3.8) is 0 Å². The van der Waals surface area contributed by atoms with E-state index in [1.807, 2.05) is 0 Å². The van der Waals surface area contributed by atoms with Crippen molar-refractivity contribution in [1.82, 2.24) is 5.32 Å². The number of rotatable bonds is 6. The Kier molecular flexibility index (Phi) is 6.31. The van der Waals surface area contributed by atoms with E-state index < -0.39 is 0 Å². The van der Waals surface area contributed by atoms with Crippen LogP contribution in [0.2, 0.25) is 0 Å². The first-order chi connectivity index (χ1) is 8.81. The molecule has 1 saturated carbocycles. The Bertz CT molecular complexity index is 283. The van der Waals surface area contributed by atoms with Gasteiger partial charge in [-0.25, -0.2) is 0 Å². The molecule has 0 aliphatic heterocycles. The van der Waals surface area contributed by atoms with Gasteiger partial charge in [-0.05, 0) is 49.0 Å². The summed E-state index contributed by atoms with van der Waals surface area (Å²) in [6.07, 6.45) is 5.46. The number of nitrogens with two attached hydrogens (primary N) is 1. The van der Waals surface area contributed by atoms with Gasteiger partial charge < -0.3 is 11.1 Å². The van der Waals surface area contributed by atoms with E-state index in [0.29, 0.717) is 29.6 Å². The highest BCUT2D eigenvalue weighted by Crippen LogP contribution is 2.30. The molecule has 1 rings (SSSR count). The normalized spacial score (nSPS) is 25.3. The highest BCUT2D eigenvalue weighted by atomic mass is 16.1. The summed E-state index contributed by atoms with van der Waals surface area (Å²) >= 11 is 0. The molecular formula is C16H32N2O. The fourth-order valence-electron chi connectivity index (χ4n) is 3.44. The van der Waals surface area contributed by atoms with Crippen LogP contribution in [0.5, 0.6) is 0 Å². The van der Waals surface area contributed by atoms with E-state index in [1.54, 1.807) is 0 Å². The average molecular weight is 268 g/mol. The zero-order valence-electron chi connectivity index (χ0n) is 13.2. The minimum absolute atomic E-state index is 0.208. The topological polar surface area (TPSA) is 55.1 Å². The van der Waals surface area contributed by atoms with E-state index >= 15 is 0 Å². The molecule has 0 heterocycles. The van der Waals surface area contributed by atoms with E-state index in [2.05, 4.69) is 33.0 Å². The fraction of sp³-hybridized carbons (Fsp3) is 0.938. The second kappa shape index (κ2) is 7.28. The number of amides is 1. The molecule has 1 aliphatic rings. The zero-order chi connectivity index (χ0) is 14.5. The maximum Gasteiger partial charge on any atom is 0.220 e. The van der Waals surface area contributed by atoms with Crippen molar-refractivity contribution in [2.24, 2.45) is 28.9 Å². The lowest BCUT2D eigenvalue weighted by Crippen LogP contribution is -2.33. The fourth-order valence-corrected chi connectivity index (χ4v) is 3.44. The SMILES string of the molecule is CC(CC(=O)NCC1CCCC1CN)CC(C)(C)C. The van der Waals surface area contributed by atoms with Crippen molar-refractivity contribution in [1.29, 1.82) is 0 Å². The molecule has 112 valence electrons. The van der Waals surface area contributed by atoms with Gasteiger partial charge in [0.2, 0.25) is 5.91 Å². The van der Waals surface area contributed by atoms with Crippen LogP contribution in [-0.2, 0) is 4.79 Å². The summed E-state index contributed by atoms with van der Waals surface area (Å²) in [5.41, 5.74) is 6.07. The average Bonchev–Trinajstić information content (AvgIpc) is 2.70. The monoisotopic (exact) mass is 268 g/mol. The van der Waals surface area contributed by atoms with Gasteiger partial charge in [0.05, 0.1) is 0 Å². The van der Waals surface area contributed by atoms with Crippen LogP contribution in [0.4, 0.5) is 0 Å². The third-order valence-corrected chi connectivity index (χ3v) is 4.18. The summed E-state index contributed by atoms with van der Waals surface area (Å²) in [4.78, 5) is 11.9. The van der Waals surface area contributed by atoms with Gasteiger partial charge in [0.15, 0.2) is 0 Å². The van der Waals surface area contributed by atoms with Gasteiger partial charge in [-0.3, -0.25) is 4.79 Å². The number of hydrogen-bond acceptors (Lipinski definition) is 2. The molecule has 0 radical (unpaired) electrons. The third kappa shape index (κ3) is 6.42. The Morgan fingerprint density at radius 2 is 1.95 bits per heavy atom. The summed E-state index contributed by atoms with van der Waals surface area (Å²) in [6.45, 7) is 10.4. The van der Waals surface area contributed by atoms with Crippen LogP contribution in [-0.4, -0.2) is 19.0 Å². The predicted molar refractivity (Wildman–Crippen MR) is 80.7 cm³/mol. The molecular weight excluding hydrogens is 236 g/mol. The van der Waals surface area contributed by atoms with Crippen LogP contribution >= 0.6 is 0 Å². The Morgan fingerprint density at radius 3 is 2.53 bits per heavy atom. The van der Waals surface area contributed by atoms with Crippen LogP contribution in [0.25, 0.3) is 0 Å². The standard InChI is InChI=1S/C16H32N2O/c1-12(9-16(2,3)4)8-15(19)18-11-14-7-5-6-13(14)10-17/h12-14H,5-11,17H2,1-4H3,(H,18,19). The van der Waals surface area contributed by atoms with Crippen LogP contribution in [0.3, 0.4) is 0 Å². The molecule has 3 unspecified atom stereocenters. The van der Waals surface area contributed by atoms with E-state index in [-0.39, 0.29) is 5.91 Å². The Labute approximate surface area is 118 Å². The molecule has 1 aliphatic carbocycles. The maximum absolute atomic E-state index is 11.9. The Hall–Kier alpha value is -0.570. The molecule has 0 bridgehead atoms. The quantitative estimate of drug-likeness (QED) is 0.778. The molecule has 3 nitrogen and oxygen atoms in total. The molecule has 3 N–H and O–H groups in total. The third-order valence-electron chi connectivity index (χ3n) is 4.18. The van der Waals surface area contributed by atoms with Crippen LogP contribution in [0.1, 0.15) is 59.8 Å². The van der Waals surface area contributed by atoms with Gasteiger partial charge >= 0.3 is 0 Å². The Morgan fingerprint density at radius 1 is 1.32 bits per heavy atom. The van der Waals surface area contributed by atoms with Crippen molar-refractivity contribution in [2.45, 2.75) is 59.8 Å². The van der Waals surface area contributed by atoms with E-state index in [0.717, 1.165) is 19.5 Å². The van der Waals surface area contributed by atoms with Crippen molar-refractivity contribution < 1.29 is 4.79 Å². The number of hydrogen-bond donors (Lipinski definition) is 2. The number of carbonyl (C=O) groups excluding carboxylic acids is 1. The van der Waals surface area contributed by atoms with E-state index in [4.69, 9.17) is 5.73 Å². The van der Waals surface area contributed by atoms with Crippen LogP contribution in [0.15, 0.2) is 0 Å². The summed E-state index contributed by atoms with van der Waals surface area (Å²) in [6, 6.07) is 0. The highest BCUT2D eigenvalue weighted by molar-refractivity contribution is 5.76. The molecule has 3 heteroatoms.